The summed E-state index contributed by atoms with van der Waals surface area (Å²) >= 11 is 11.9. The summed E-state index contributed by atoms with van der Waals surface area (Å²) in [6.45, 7) is 0. The Balaban J connectivity index is 1.33. The van der Waals surface area contributed by atoms with Gasteiger partial charge in [0.2, 0.25) is 0 Å². The van der Waals surface area contributed by atoms with Crippen LogP contribution in [0.1, 0.15) is 43.8 Å². The van der Waals surface area contributed by atoms with E-state index < -0.39 is 24.1 Å². The van der Waals surface area contributed by atoms with Gasteiger partial charge in [-0.2, -0.15) is 13.2 Å². The van der Waals surface area contributed by atoms with E-state index in [-0.39, 0.29) is 27.1 Å². The average molecular weight is 583 g/mol. The van der Waals surface area contributed by atoms with Crippen molar-refractivity contribution in [3.8, 4) is 0 Å². The van der Waals surface area contributed by atoms with Crippen LogP contribution in [0, 0.1) is 0 Å². The lowest BCUT2D eigenvalue weighted by atomic mass is 9.86. The standard InChI is InChI=1S/C30H19Cl2F3N2O3/c31-23-14-22(15-24(32)16-23)29(30(33,34)35)17-26(37-40-29)21-7-4-8-25(13-21)36-28(39)20-11-9-19(10-12-20)27(38)18-5-2-1-3-6-18/h1-16H,17H2,(H,36,39). The molecule has 0 aliphatic carbocycles. The number of oxime groups is 1. The molecule has 0 fully saturated rings. The second-order valence-corrected chi connectivity index (χ2v) is 9.97. The summed E-state index contributed by atoms with van der Waals surface area (Å²) in [6, 6.07) is 24.8. The summed E-state index contributed by atoms with van der Waals surface area (Å²) in [5, 5.41) is 6.55. The maximum absolute atomic E-state index is 14.3. The molecule has 0 saturated carbocycles. The topological polar surface area (TPSA) is 67.8 Å². The maximum Gasteiger partial charge on any atom is 0.435 e. The highest BCUT2D eigenvalue weighted by Gasteiger charge is 2.62. The predicted octanol–water partition coefficient (Wildman–Crippen LogP) is 8.06. The second-order valence-electron chi connectivity index (χ2n) is 9.10. The van der Waals surface area contributed by atoms with E-state index in [0.717, 1.165) is 12.1 Å². The van der Waals surface area contributed by atoms with Gasteiger partial charge in [-0.1, -0.05) is 83.0 Å². The monoisotopic (exact) mass is 582 g/mol. The fourth-order valence-electron chi connectivity index (χ4n) is 4.35. The van der Waals surface area contributed by atoms with Crippen LogP contribution in [0.15, 0.2) is 102 Å². The minimum Gasteiger partial charge on any atom is -0.374 e. The van der Waals surface area contributed by atoms with Gasteiger partial charge in [0, 0.05) is 50.0 Å². The van der Waals surface area contributed by atoms with E-state index in [9.17, 15) is 22.8 Å². The Bertz CT molecular complexity index is 1600. The van der Waals surface area contributed by atoms with Gasteiger partial charge in [-0.3, -0.25) is 9.59 Å². The van der Waals surface area contributed by atoms with Crippen LogP contribution in [0.5, 0.6) is 0 Å². The minimum absolute atomic E-state index is 0.0327. The molecule has 40 heavy (non-hydrogen) atoms. The molecule has 10 heteroatoms. The Hall–Kier alpha value is -4.14. The van der Waals surface area contributed by atoms with Crippen LogP contribution >= 0.6 is 23.2 Å². The number of carbonyl (C=O) groups excluding carboxylic acids is 2. The Morgan fingerprint density at radius 2 is 1.43 bits per heavy atom. The first kappa shape index (κ1) is 27.4. The number of hydrogen-bond donors (Lipinski definition) is 1. The van der Waals surface area contributed by atoms with Crippen LogP contribution in [0.3, 0.4) is 0 Å². The third-order valence-corrected chi connectivity index (χ3v) is 6.85. The Labute approximate surface area is 237 Å². The lowest BCUT2D eigenvalue weighted by molar-refractivity contribution is -0.275. The highest BCUT2D eigenvalue weighted by molar-refractivity contribution is 6.34. The van der Waals surface area contributed by atoms with Gasteiger partial charge in [-0.25, -0.2) is 0 Å². The first-order valence-electron chi connectivity index (χ1n) is 12.0. The molecule has 4 aromatic rings. The molecule has 1 N–H and O–H groups in total. The number of amides is 1. The van der Waals surface area contributed by atoms with E-state index in [4.69, 9.17) is 28.0 Å². The predicted molar refractivity (Wildman–Crippen MR) is 147 cm³/mol. The van der Waals surface area contributed by atoms with Crippen LogP contribution in [-0.2, 0) is 10.4 Å². The SMILES string of the molecule is O=C(Nc1cccc(C2=NOC(c3cc(Cl)cc(Cl)c3)(C(F)(F)F)C2)c1)c1ccc(C(=O)c2ccccc2)cc1. The molecule has 5 rings (SSSR count). The number of ketones is 1. The number of benzene rings is 4. The van der Waals surface area contributed by atoms with Gasteiger partial charge in [0.25, 0.3) is 11.5 Å². The molecule has 4 aromatic carbocycles. The molecule has 1 unspecified atom stereocenters. The van der Waals surface area contributed by atoms with E-state index in [1.165, 1.54) is 24.3 Å². The van der Waals surface area contributed by atoms with Crippen molar-refractivity contribution in [3.05, 3.63) is 135 Å². The zero-order chi connectivity index (χ0) is 28.5. The van der Waals surface area contributed by atoms with E-state index in [0.29, 0.717) is 27.9 Å². The summed E-state index contributed by atoms with van der Waals surface area (Å²) in [6.07, 6.45) is -5.45. The van der Waals surface area contributed by atoms with Crippen molar-refractivity contribution in [2.45, 2.75) is 18.2 Å². The number of nitrogens with one attached hydrogen (secondary N) is 1. The van der Waals surface area contributed by atoms with Crippen LogP contribution in [0.2, 0.25) is 10.0 Å². The fraction of sp³-hybridized carbons (Fsp3) is 0.100. The third-order valence-electron chi connectivity index (χ3n) is 6.41. The smallest absolute Gasteiger partial charge is 0.374 e. The first-order chi connectivity index (χ1) is 19.1. The fourth-order valence-corrected chi connectivity index (χ4v) is 4.88. The van der Waals surface area contributed by atoms with Crippen molar-refractivity contribution < 1.29 is 27.6 Å². The van der Waals surface area contributed by atoms with Crippen molar-refractivity contribution in [1.82, 2.24) is 0 Å². The molecule has 0 radical (unpaired) electrons. The van der Waals surface area contributed by atoms with E-state index in [2.05, 4.69) is 10.5 Å². The molecular weight excluding hydrogens is 564 g/mol. The number of nitrogens with zero attached hydrogens (tertiary/aromatic N) is 1. The molecule has 1 aliphatic heterocycles. The molecule has 1 amide bonds. The summed E-state index contributed by atoms with van der Waals surface area (Å²) in [5.74, 6) is -0.631. The van der Waals surface area contributed by atoms with Gasteiger partial charge in [0.05, 0.1) is 5.71 Å². The second kappa shape index (κ2) is 10.8. The van der Waals surface area contributed by atoms with Crippen LogP contribution in [0.25, 0.3) is 0 Å². The number of halogens is 5. The average Bonchev–Trinajstić information content (AvgIpc) is 3.40. The summed E-state index contributed by atoms with van der Waals surface area (Å²) in [7, 11) is 0. The molecule has 0 saturated heterocycles. The Kier molecular flexibility index (Phi) is 7.40. The number of carbonyl (C=O) groups is 2. The van der Waals surface area contributed by atoms with Gasteiger partial charge < -0.3 is 10.2 Å². The largest absolute Gasteiger partial charge is 0.435 e. The highest BCUT2D eigenvalue weighted by Crippen LogP contribution is 2.49. The molecule has 1 heterocycles. The molecule has 1 aliphatic rings. The quantitative estimate of drug-likeness (QED) is 0.234. The third kappa shape index (κ3) is 5.46. The molecule has 5 nitrogen and oxygen atoms in total. The number of alkyl halides is 3. The summed E-state index contributed by atoms with van der Waals surface area (Å²) in [4.78, 5) is 30.5. The van der Waals surface area contributed by atoms with E-state index >= 15 is 0 Å². The van der Waals surface area contributed by atoms with Crippen molar-refractivity contribution in [3.63, 3.8) is 0 Å². The zero-order valence-corrected chi connectivity index (χ0v) is 22.0. The van der Waals surface area contributed by atoms with Gasteiger partial charge in [-0.05, 0) is 42.5 Å². The first-order valence-corrected chi connectivity index (χ1v) is 12.7. The Morgan fingerprint density at radius 3 is 2.08 bits per heavy atom. The van der Waals surface area contributed by atoms with Gasteiger partial charge in [0.1, 0.15) is 0 Å². The number of hydrogen-bond acceptors (Lipinski definition) is 4. The minimum atomic E-state index is -4.83. The molecule has 1 atom stereocenters. The Morgan fingerprint density at radius 1 is 0.800 bits per heavy atom. The van der Waals surface area contributed by atoms with E-state index in [1.807, 2.05) is 6.07 Å². The molecule has 0 bridgehead atoms. The van der Waals surface area contributed by atoms with Crippen molar-refractivity contribution in [2.24, 2.45) is 5.16 Å². The van der Waals surface area contributed by atoms with Crippen molar-refractivity contribution >= 4 is 46.3 Å². The number of rotatable bonds is 6. The maximum atomic E-state index is 14.3. The molecule has 0 spiro atoms. The molecule has 202 valence electrons. The zero-order valence-electron chi connectivity index (χ0n) is 20.5. The van der Waals surface area contributed by atoms with Crippen LogP contribution in [0.4, 0.5) is 18.9 Å². The highest BCUT2D eigenvalue weighted by atomic mass is 35.5. The van der Waals surface area contributed by atoms with Crippen LogP contribution in [-0.4, -0.2) is 23.6 Å². The summed E-state index contributed by atoms with van der Waals surface area (Å²) < 4.78 is 42.9. The van der Waals surface area contributed by atoms with Crippen molar-refractivity contribution in [1.29, 1.82) is 0 Å². The van der Waals surface area contributed by atoms with Crippen molar-refractivity contribution in [2.75, 3.05) is 5.32 Å². The lowest BCUT2D eigenvalue weighted by Crippen LogP contribution is -2.42. The summed E-state index contributed by atoms with van der Waals surface area (Å²) in [5.41, 5.74) is -1.07. The van der Waals surface area contributed by atoms with E-state index in [1.54, 1.807) is 54.6 Å². The van der Waals surface area contributed by atoms with Gasteiger partial charge >= 0.3 is 6.18 Å². The molecular formula is C30H19Cl2F3N2O3. The van der Waals surface area contributed by atoms with Gasteiger partial charge in [0.15, 0.2) is 5.78 Å². The number of anilines is 1. The lowest BCUT2D eigenvalue weighted by Gasteiger charge is -2.29. The van der Waals surface area contributed by atoms with Gasteiger partial charge in [-0.15, -0.1) is 0 Å². The molecule has 0 aromatic heterocycles. The van der Waals surface area contributed by atoms with Crippen LogP contribution < -0.4 is 5.32 Å². The normalized spacial score (nSPS) is 16.7.